The zero-order valence-corrected chi connectivity index (χ0v) is 33.0. The molecule has 1 aromatic carbocycles. The van der Waals surface area contributed by atoms with E-state index in [9.17, 15) is 43.5 Å². The van der Waals surface area contributed by atoms with E-state index in [1.807, 2.05) is 65.0 Å². The molecule has 17 heteroatoms. The van der Waals surface area contributed by atoms with Crippen molar-refractivity contribution >= 4 is 59.1 Å². The van der Waals surface area contributed by atoms with Crippen molar-refractivity contribution in [3.8, 4) is 0 Å². The van der Waals surface area contributed by atoms with E-state index >= 15 is 0 Å². The number of nitrogens with one attached hydrogen (secondary N) is 4. The molecule has 1 fully saturated rings. The van der Waals surface area contributed by atoms with Crippen LogP contribution in [-0.4, -0.2) is 130 Å². The highest BCUT2D eigenvalue weighted by Crippen LogP contribution is 2.29. The quantitative estimate of drug-likeness (QED) is 0.0802. The van der Waals surface area contributed by atoms with Gasteiger partial charge in [-0.2, -0.15) is 0 Å². The average molecular weight is 775 g/mol. The van der Waals surface area contributed by atoms with Gasteiger partial charge in [0.25, 0.3) is 0 Å². The average Bonchev–Trinajstić information content (AvgIpc) is 3.36. The molecule has 0 saturated carbocycles. The summed E-state index contributed by atoms with van der Waals surface area (Å²) < 4.78 is 0. The predicted octanol–water partition coefficient (Wildman–Crippen LogP) is 0.899. The van der Waals surface area contributed by atoms with Crippen molar-refractivity contribution in [2.45, 2.75) is 89.6 Å². The van der Waals surface area contributed by atoms with Gasteiger partial charge < -0.3 is 36.4 Å². The van der Waals surface area contributed by atoms with Crippen LogP contribution in [0.25, 0.3) is 0 Å². The van der Waals surface area contributed by atoms with Gasteiger partial charge in [0.15, 0.2) is 0 Å². The number of carbonyl (C=O) groups excluding carboxylic acids is 6. The third kappa shape index (κ3) is 13.0. The molecule has 6 N–H and O–H groups in total. The van der Waals surface area contributed by atoms with Gasteiger partial charge in [-0.15, -0.1) is 11.8 Å². The fourth-order valence-corrected chi connectivity index (χ4v) is 6.86. The molecule has 0 aromatic heterocycles. The van der Waals surface area contributed by atoms with Gasteiger partial charge in [0, 0.05) is 49.8 Å². The van der Waals surface area contributed by atoms with E-state index in [4.69, 9.17) is 5.11 Å². The Kier molecular flexibility index (Phi) is 16.9. The smallest absolute Gasteiger partial charge is 0.326 e. The standard InChI is InChI=1S/C37H54N6O10S/c1-22(14-17-42(8)34(51)30(36(2,3)4)41-32(49)29(38-7)37(5,6)23-12-10-9-11-13-23)31(48)40-24(35(52)53)20-26(44)39-16-18-43-27(45)21-25(33(43)50)54-19-15-28(46)47/h9-14,24-25,29-30,38H,15-21H2,1-8H3,(H,39,44)(H,40,48)(H,41,49)(H,46,47)(H,52,53)/b22-14+/t24?,25?,29-,30?/m1/s1. The zero-order valence-electron chi connectivity index (χ0n) is 32.2. The Bertz CT molecular complexity index is 1590. The predicted molar refractivity (Wildman–Crippen MR) is 202 cm³/mol. The molecule has 1 saturated heterocycles. The number of amides is 6. The van der Waals surface area contributed by atoms with Gasteiger partial charge in [-0.3, -0.25) is 38.5 Å². The molecule has 0 radical (unpaired) electrons. The van der Waals surface area contributed by atoms with E-state index in [0.717, 1.165) is 22.2 Å². The van der Waals surface area contributed by atoms with E-state index in [2.05, 4.69) is 21.3 Å². The molecule has 3 unspecified atom stereocenters. The number of hydrogen-bond acceptors (Lipinski definition) is 10. The summed E-state index contributed by atoms with van der Waals surface area (Å²) in [5.74, 6) is -5.56. The maximum Gasteiger partial charge on any atom is 0.326 e. The zero-order chi connectivity index (χ0) is 41.0. The summed E-state index contributed by atoms with van der Waals surface area (Å²) in [5, 5.41) is 28.5. The Balaban J connectivity index is 1.97. The van der Waals surface area contributed by atoms with Gasteiger partial charge in [-0.25, -0.2) is 4.79 Å². The van der Waals surface area contributed by atoms with E-state index in [0.29, 0.717) is 0 Å². The first-order valence-corrected chi connectivity index (χ1v) is 18.6. The lowest BCUT2D eigenvalue weighted by Gasteiger charge is -2.38. The number of nitrogens with zero attached hydrogens (tertiary/aromatic N) is 2. The van der Waals surface area contributed by atoms with Crippen LogP contribution in [0, 0.1) is 5.41 Å². The Labute approximate surface area is 320 Å². The van der Waals surface area contributed by atoms with Crippen molar-refractivity contribution in [2.24, 2.45) is 5.41 Å². The van der Waals surface area contributed by atoms with Gasteiger partial charge in [-0.05, 0) is 24.9 Å². The summed E-state index contributed by atoms with van der Waals surface area (Å²) in [6.07, 6.45) is 0.557. The van der Waals surface area contributed by atoms with E-state index in [1.54, 1.807) is 7.05 Å². The van der Waals surface area contributed by atoms with E-state index in [1.165, 1.54) is 24.9 Å². The molecule has 0 bridgehead atoms. The number of hydrogen-bond donors (Lipinski definition) is 6. The number of thioether (sulfide) groups is 1. The first-order chi connectivity index (χ1) is 25.1. The normalized spacial score (nSPS) is 16.6. The fraction of sp³-hybridized carbons (Fsp3) is 0.568. The summed E-state index contributed by atoms with van der Waals surface area (Å²) >= 11 is 1.07. The highest BCUT2D eigenvalue weighted by atomic mass is 32.2. The first kappa shape index (κ1) is 45.4. The molecule has 6 amide bonds. The number of carboxylic acid groups (broad SMARTS) is 2. The summed E-state index contributed by atoms with van der Waals surface area (Å²) in [5.41, 5.74) is -0.288. The Hall–Kier alpha value is -4.77. The van der Waals surface area contributed by atoms with Gasteiger partial charge in [0.2, 0.25) is 35.4 Å². The largest absolute Gasteiger partial charge is 0.481 e. The number of benzene rings is 1. The number of likely N-dealkylation sites (N-methyl/N-ethyl adjacent to an activating group) is 2. The molecule has 1 heterocycles. The van der Waals surface area contributed by atoms with Crippen LogP contribution in [-0.2, 0) is 43.8 Å². The van der Waals surface area contributed by atoms with Crippen molar-refractivity contribution in [1.82, 2.24) is 31.1 Å². The Morgan fingerprint density at radius 1 is 1.00 bits per heavy atom. The summed E-state index contributed by atoms with van der Waals surface area (Å²) in [7, 11) is 3.20. The lowest BCUT2D eigenvalue weighted by atomic mass is 9.76. The minimum atomic E-state index is -1.61. The van der Waals surface area contributed by atoms with Crippen molar-refractivity contribution < 1.29 is 48.6 Å². The van der Waals surface area contributed by atoms with Crippen molar-refractivity contribution in [1.29, 1.82) is 0 Å². The van der Waals surface area contributed by atoms with Crippen molar-refractivity contribution in [2.75, 3.05) is 39.5 Å². The van der Waals surface area contributed by atoms with Crippen LogP contribution in [0.15, 0.2) is 42.0 Å². The summed E-state index contributed by atoms with van der Waals surface area (Å²) in [4.78, 5) is 103. The third-order valence-electron chi connectivity index (χ3n) is 9.08. The number of likely N-dealkylation sites (tertiary alicyclic amines) is 1. The van der Waals surface area contributed by atoms with Crippen molar-refractivity contribution in [3.05, 3.63) is 47.5 Å². The third-order valence-corrected chi connectivity index (χ3v) is 10.3. The molecule has 16 nitrogen and oxygen atoms in total. The highest BCUT2D eigenvalue weighted by Gasteiger charge is 2.41. The lowest BCUT2D eigenvalue weighted by molar-refractivity contribution is -0.143. The molecule has 2 rings (SSSR count). The fourth-order valence-electron chi connectivity index (χ4n) is 5.75. The molecular formula is C37H54N6O10S. The van der Waals surface area contributed by atoms with E-state index < -0.39 is 82.1 Å². The molecule has 1 aliphatic heterocycles. The van der Waals surface area contributed by atoms with Crippen LogP contribution in [0.1, 0.15) is 66.4 Å². The molecule has 4 atom stereocenters. The number of aliphatic carboxylic acids is 2. The number of rotatable bonds is 20. The SMILES string of the molecule is CN[C@H](C(=O)NC(C(=O)N(C)C/C=C(\C)C(=O)NC(CC(=O)NCCN1C(=O)CC(SCCC(=O)O)C1=O)C(=O)O)C(C)(C)C)C(C)(C)c1ccccc1. The van der Waals surface area contributed by atoms with Crippen LogP contribution in [0.4, 0.5) is 0 Å². The number of imide groups is 1. The number of carbonyl (C=O) groups is 8. The molecular weight excluding hydrogens is 721 g/mol. The van der Waals surface area contributed by atoms with Crippen LogP contribution in [0.2, 0.25) is 0 Å². The summed E-state index contributed by atoms with van der Waals surface area (Å²) in [6, 6.07) is 6.34. The van der Waals surface area contributed by atoms with Crippen LogP contribution in [0.5, 0.6) is 0 Å². The maximum absolute atomic E-state index is 13.7. The van der Waals surface area contributed by atoms with E-state index in [-0.39, 0.29) is 49.7 Å². The van der Waals surface area contributed by atoms with Gasteiger partial charge in [0.1, 0.15) is 12.1 Å². The van der Waals surface area contributed by atoms with Gasteiger partial charge in [0.05, 0.1) is 24.1 Å². The number of carboxylic acids is 2. The second-order valence-electron chi connectivity index (χ2n) is 14.7. The molecule has 54 heavy (non-hydrogen) atoms. The molecule has 0 spiro atoms. The molecule has 1 aromatic rings. The first-order valence-electron chi connectivity index (χ1n) is 17.5. The van der Waals surface area contributed by atoms with Crippen molar-refractivity contribution in [3.63, 3.8) is 0 Å². The van der Waals surface area contributed by atoms with Crippen LogP contribution >= 0.6 is 11.8 Å². The molecule has 1 aliphatic rings. The second-order valence-corrected chi connectivity index (χ2v) is 16.0. The van der Waals surface area contributed by atoms with Crippen LogP contribution in [0.3, 0.4) is 0 Å². The minimum Gasteiger partial charge on any atom is -0.481 e. The van der Waals surface area contributed by atoms with Gasteiger partial charge in [-0.1, -0.05) is 71.0 Å². The topological polar surface area (TPSA) is 232 Å². The highest BCUT2D eigenvalue weighted by molar-refractivity contribution is 8.00. The maximum atomic E-state index is 13.7. The summed E-state index contributed by atoms with van der Waals surface area (Å²) in [6.45, 7) is 10.4. The minimum absolute atomic E-state index is 0.0451. The molecule has 298 valence electrons. The second kappa shape index (κ2) is 20.1. The lowest BCUT2D eigenvalue weighted by Crippen LogP contribution is -2.60. The monoisotopic (exact) mass is 774 g/mol. The molecule has 0 aliphatic carbocycles. The van der Waals surface area contributed by atoms with Crippen LogP contribution < -0.4 is 21.3 Å². The van der Waals surface area contributed by atoms with Gasteiger partial charge >= 0.3 is 11.9 Å². The Morgan fingerprint density at radius 3 is 2.19 bits per heavy atom. The Morgan fingerprint density at radius 2 is 1.63 bits per heavy atom.